The van der Waals surface area contributed by atoms with E-state index in [1.165, 1.54) is 18.6 Å². The Morgan fingerprint density at radius 2 is 2.16 bits per heavy atom. The van der Waals surface area contributed by atoms with Crippen LogP contribution < -0.4 is 10.6 Å². The lowest BCUT2D eigenvalue weighted by Gasteiger charge is -2.25. The zero-order valence-electron chi connectivity index (χ0n) is 15.7. The van der Waals surface area contributed by atoms with Crippen LogP contribution in [-0.4, -0.2) is 50.6 Å². The van der Waals surface area contributed by atoms with E-state index in [1.807, 2.05) is 0 Å². The second kappa shape index (κ2) is 8.86. The average molecular weight is 369 g/mol. The summed E-state index contributed by atoms with van der Waals surface area (Å²) in [6.07, 6.45) is 1.22. The van der Waals surface area contributed by atoms with E-state index in [2.05, 4.69) is 43.4 Å². The highest BCUT2D eigenvalue weighted by Gasteiger charge is 2.24. The van der Waals surface area contributed by atoms with Crippen LogP contribution in [0, 0.1) is 11.7 Å². The van der Waals surface area contributed by atoms with Gasteiger partial charge in [-0.25, -0.2) is 4.39 Å². The molecule has 1 aliphatic heterocycles. The van der Waals surface area contributed by atoms with E-state index in [0.29, 0.717) is 17.5 Å². The van der Waals surface area contributed by atoms with Gasteiger partial charge in [0.25, 0.3) is 0 Å². The summed E-state index contributed by atoms with van der Waals surface area (Å²) in [6, 6.07) is 4.57. The van der Waals surface area contributed by atoms with Gasteiger partial charge in [-0.05, 0) is 50.6 Å². The van der Waals surface area contributed by atoms with Gasteiger partial charge in [0.2, 0.25) is 0 Å². The van der Waals surface area contributed by atoms with E-state index in [-0.39, 0.29) is 11.2 Å². The number of aliphatic imine (C=N–C) groups is 1. The van der Waals surface area contributed by atoms with Gasteiger partial charge < -0.3 is 15.5 Å². The molecule has 4 nitrogen and oxygen atoms in total. The molecule has 1 fully saturated rings. The van der Waals surface area contributed by atoms with Gasteiger partial charge in [-0.1, -0.05) is 31.5 Å². The van der Waals surface area contributed by atoms with Crippen molar-refractivity contribution in [3.8, 4) is 0 Å². The van der Waals surface area contributed by atoms with Crippen molar-refractivity contribution in [2.24, 2.45) is 10.9 Å². The molecule has 2 N–H and O–H groups in total. The quantitative estimate of drug-likeness (QED) is 0.598. The topological polar surface area (TPSA) is 39.7 Å². The minimum absolute atomic E-state index is 0.277. The summed E-state index contributed by atoms with van der Waals surface area (Å²) >= 11 is 6.23. The van der Waals surface area contributed by atoms with Crippen LogP contribution in [0.25, 0.3) is 0 Å². The summed E-state index contributed by atoms with van der Waals surface area (Å²) in [7, 11) is 2.16. The maximum absolute atomic E-state index is 13.3. The molecule has 0 radical (unpaired) electrons. The van der Waals surface area contributed by atoms with Gasteiger partial charge in [0.05, 0.1) is 6.54 Å². The minimum atomic E-state index is -0.315. The molecule has 25 heavy (non-hydrogen) atoms. The fraction of sp³-hybridized carbons (Fsp3) is 0.632. The molecular formula is C19H30ClFN4. The lowest BCUT2D eigenvalue weighted by Crippen LogP contribution is -2.41. The number of hydrogen-bond acceptors (Lipinski definition) is 2. The molecule has 1 aliphatic rings. The van der Waals surface area contributed by atoms with E-state index >= 15 is 0 Å². The van der Waals surface area contributed by atoms with Gasteiger partial charge in [-0.15, -0.1) is 0 Å². The normalized spacial score (nSPS) is 19.3. The Kier molecular flexibility index (Phi) is 7.08. The Morgan fingerprint density at radius 1 is 1.40 bits per heavy atom. The molecule has 0 aromatic heterocycles. The Hall–Kier alpha value is -1.33. The van der Waals surface area contributed by atoms with Crippen molar-refractivity contribution < 1.29 is 4.39 Å². The summed E-state index contributed by atoms with van der Waals surface area (Å²) in [5, 5.41) is 7.20. The Bertz CT molecular complexity index is 603. The molecule has 140 valence electrons. The van der Waals surface area contributed by atoms with Gasteiger partial charge in [0.15, 0.2) is 5.96 Å². The third-order valence-electron chi connectivity index (χ3n) is 4.68. The molecule has 0 saturated carbocycles. The predicted molar refractivity (Wildman–Crippen MR) is 104 cm³/mol. The van der Waals surface area contributed by atoms with Crippen LogP contribution in [0.5, 0.6) is 0 Å². The fourth-order valence-corrected chi connectivity index (χ4v) is 3.60. The van der Waals surface area contributed by atoms with Crippen molar-refractivity contribution in [3.63, 3.8) is 0 Å². The van der Waals surface area contributed by atoms with Gasteiger partial charge in [0.1, 0.15) is 5.82 Å². The number of benzene rings is 1. The van der Waals surface area contributed by atoms with E-state index in [9.17, 15) is 4.39 Å². The fourth-order valence-electron chi connectivity index (χ4n) is 3.18. The summed E-state index contributed by atoms with van der Waals surface area (Å²) in [5.74, 6) is 1.17. The first-order valence-corrected chi connectivity index (χ1v) is 9.36. The largest absolute Gasteiger partial charge is 0.357 e. The number of hydrogen-bond donors (Lipinski definition) is 2. The van der Waals surface area contributed by atoms with Crippen molar-refractivity contribution in [1.82, 2.24) is 15.5 Å². The van der Waals surface area contributed by atoms with Gasteiger partial charge in [0, 0.05) is 30.1 Å². The second-order valence-electron chi connectivity index (χ2n) is 7.50. The first-order valence-electron chi connectivity index (χ1n) is 8.98. The molecule has 1 aromatic carbocycles. The predicted octanol–water partition coefficient (Wildman–Crippen LogP) is 3.26. The van der Waals surface area contributed by atoms with Crippen LogP contribution in [0.1, 0.15) is 32.8 Å². The molecule has 6 heteroatoms. The van der Waals surface area contributed by atoms with Gasteiger partial charge in [-0.3, -0.25) is 4.99 Å². The highest BCUT2D eigenvalue weighted by atomic mass is 35.5. The molecule has 1 atom stereocenters. The van der Waals surface area contributed by atoms with Crippen LogP contribution in [0.15, 0.2) is 23.2 Å². The Balaban J connectivity index is 2.00. The van der Waals surface area contributed by atoms with Crippen LogP contribution >= 0.6 is 11.6 Å². The summed E-state index contributed by atoms with van der Waals surface area (Å²) < 4.78 is 13.3. The van der Waals surface area contributed by atoms with Crippen molar-refractivity contribution in [2.75, 3.05) is 39.8 Å². The molecule has 0 aliphatic carbocycles. The van der Waals surface area contributed by atoms with Crippen molar-refractivity contribution in [3.05, 3.63) is 34.6 Å². The standard InChI is InChI=1S/C19H30ClFN4/c1-5-22-18(23-11-14-8-9-25(4)12-14)24-13-19(2,3)16-7-6-15(21)10-17(16)20/h6-7,10,14H,5,8-9,11-13H2,1-4H3,(H2,22,23,24). The maximum atomic E-state index is 13.3. The maximum Gasteiger partial charge on any atom is 0.191 e. The number of guanidine groups is 1. The van der Waals surface area contributed by atoms with E-state index in [1.54, 1.807) is 6.07 Å². The zero-order chi connectivity index (χ0) is 18.4. The third-order valence-corrected chi connectivity index (χ3v) is 5.00. The molecule has 1 heterocycles. The van der Waals surface area contributed by atoms with Crippen LogP contribution in [0.4, 0.5) is 4.39 Å². The minimum Gasteiger partial charge on any atom is -0.357 e. The number of nitrogens with one attached hydrogen (secondary N) is 2. The van der Waals surface area contributed by atoms with Crippen molar-refractivity contribution in [1.29, 1.82) is 0 Å². The molecule has 1 unspecified atom stereocenters. The Labute approximate surface area is 155 Å². The molecule has 1 saturated heterocycles. The zero-order valence-corrected chi connectivity index (χ0v) is 16.5. The number of rotatable bonds is 6. The summed E-state index contributed by atoms with van der Waals surface area (Å²) in [6.45, 7) is 10.8. The lowest BCUT2D eigenvalue weighted by molar-refractivity contribution is 0.393. The second-order valence-corrected chi connectivity index (χ2v) is 7.91. The monoisotopic (exact) mass is 368 g/mol. The first-order chi connectivity index (χ1) is 11.8. The summed E-state index contributed by atoms with van der Waals surface area (Å²) in [4.78, 5) is 7.09. The summed E-state index contributed by atoms with van der Waals surface area (Å²) in [5.41, 5.74) is 0.633. The van der Waals surface area contributed by atoms with E-state index < -0.39 is 0 Å². The number of halogens is 2. The molecule has 0 amide bonds. The molecule has 2 rings (SSSR count). The highest BCUT2D eigenvalue weighted by molar-refractivity contribution is 6.31. The van der Waals surface area contributed by atoms with Gasteiger partial charge in [-0.2, -0.15) is 0 Å². The van der Waals surface area contributed by atoms with Crippen LogP contribution in [0.2, 0.25) is 5.02 Å². The van der Waals surface area contributed by atoms with E-state index in [0.717, 1.165) is 37.7 Å². The van der Waals surface area contributed by atoms with Crippen molar-refractivity contribution in [2.45, 2.75) is 32.6 Å². The van der Waals surface area contributed by atoms with Crippen LogP contribution in [-0.2, 0) is 5.41 Å². The molecular weight excluding hydrogens is 339 g/mol. The number of likely N-dealkylation sites (tertiary alicyclic amines) is 1. The van der Waals surface area contributed by atoms with E-state index in [4.69, 9.17) is 16.6 Å². The molecule has 0 spiro atoms. The average Bonchev–Trinajstić information content (AvgIpc) is 2.95. The molecule has 1 aromatic rings. The highest BCUT2D eigenvalue weighted by Crippen LogP contribution is 2.30. The SMILES string of the molecule is CCNC(=NCC(C)(C)c1ccc(F)cc1Cl)NCC1CCN(C)C1. The third kappa shape index (κ3) is 5.86. The molecule has 0 bridgehead atoms. The number of nitrogens with zero attached hydrogens (tertiary/aromatic N) is 2. The van der Waals surface area contributed by atoms with Crippen molar-refractivity contribution >= 4 is 17.6 Å². The Morgan fingerprint density at radius 3 is 2.76 bits per heavy atom. The van der Waals surface area contributed by atoms with Crippen LogP contribution in [0.3, 0.4) is 0 Å². The first kappa shape index (κ1) is 20.0. The smallest absolute Gasteiger partial charge is 0.191 e. The van der Waals surface area contributed by atoms with Gasteiger partial charge >= 0.3 is 0 Å². The lowest BCUT2D eigenvalue weighted by atomic mass is 9.84.